The molecule has 0 saturated heterocycles. The lowest BCUT2D eigenvalue weighted by atomic mass is 10.2. The van der Waals surface area contributed by atoms with Crippen molar-refractivity contribution in [3.8, 4) is 0 Å². The van der Waals surface area contributed by atoms with Crippen LogP contribution in [-0.4, -0.2) is 10.8 Å². The Kier molecular flexibility index (Phi) is 1.68. The van der Waals surface area contributed by atoms with Crippen molar-refractivity contribution >= 4 is 5.78 Å². The highest BCUT2D eigenvalue weighted by molar-refractivity contribution is 5.82. The van der Waals surface area contributed by atoms with Crippen LogP contribution in [0.25, 0.3) is 0 Å². The monoisotopic (exact) mass is 161 g/mol. The molecule has 12 heavy (non-hydrogen) atoms. The fourth-order valence-corrected chi connectivity index (χ4v) is 1.57. The summed E-state index contributed by atoms with van der Waals surface area (Å²) in [5.41, 5.74) is 1.07. The Labute approximate surface area is 71.6 Å². The van der Waals surface area contributed by atoms with Crippen molar-refractivity contribution in [1.29, 1.82) is 0 Å². The van der Waals surface area contributed by atoms with Gasteiger partial charge in [-0.05, 0) is 25.5 Å². The van der Waals surface area contributed by atoms with Crippen molar-refractivity contribution in [1.82, 2.24) is 4.98 Å². The number of aromatic nitrogens is 1. The molecule has 0 bridgehead atoms. The van der Waals surface area contributed by atoms with Gasteiger partial charge in [-0.3, -0.25) is 9.78 Å². The van der Waals surface area contributed by atoms with Gasteiger partial charge in [0, 0.05) is 23.7 Å². The van der Waals surface area contributed by atoms with Crippen LogP contribution in [0.5, 0.6) is 0 Å². The lowest BCUT2D eigenvalue weighted by molar-refractivity contribution is -0.118. The zero-order chi connectivity index (χ0) is 8.55. The first-order valence-corrected chi connectivity index (χ1v) is 4.20. The van der Waals surface area contributed by atoms with Crippen molar-refractivity contribution in [2.45, 2.75) is 19.3 Å². The molecule has 62 valence electrons. The Hall–Kier alpha value is -1.18. The van der Waals surface area contributed by atoms with Gasteiger partial charge in [-0.15, -0.1) is 0 Å². The first-order valence-electron chi connectivity index (χ1n) is 4.20. The standard InChI is InChI=1S/C10H11NO/c1-7(12)8-6-9(8)10-4-2-3-5-11-10/h2-5,8-9H,6H2,1H3/t8-,9+/m0/s1. The van der Waals surface area contributed by atoms with Gasteiger partial charge < -0.3 is 0 Å². The van der Waals surface area contributed by atoms with E-state index in [1.165, 1.54) is 0 Å². The summed E-state index contributed by atoms with van der Waals surface area (Å²) in [6, 6.07) is 5.86. The SMILES string of the molecule is CC(=O)[C@@H]1C[C@H]1c1ccccn1. The van der Waals surface area contributed by atoms with Crippen LogP contribution in [0.2, 0.25) is 0 Å². The molecule has 1 aromatic heterocycles. The van der Waals surface area contributed by atoms with Gasteiger partial charge >= 0.3 is 0 Å². The number of rotatable bonds is 2. The van der Waals surface area contributed by atoms with Crippen LogP contribution < -0.4 is 0 Å². The third kappa shape index (κ3) is 1.24. The Balaban J connectivity index is 2.11. The first-order chi connectivity index (χ1) is 5.79. The highest BCUT2D eigenvalue weighted by Gasteiger charge is 2.42. The smallest absolute Gasteiger partial charge is 0.133 e. The second kappa shape index (κ2) is 2.70. The second-order valence-electron chi connectivity index (χ2n) is 3.31. The predicted molar refractivity (Wildman–Crippen MR) is 45.8 cm³/mol. The van der Waals surface area contributed by atoms with E-state index in [0.717, 1.165) is 12.1 Å². The fourth-order valence-electron chi connectivity index (χ4n) is 1.57. The first kappa shape index (κ1) is 7.47. The van der Waals surface area contributed by atoms with Gasteiger partial charge in [-0.1, -0.05) is 6.07 Å². The Bertz CT molecular complexity index is 294. The van der Waals surface area contributed by atoms with Gasteiger partial charge in [0.1, 0.15) is 5.78 Å². The molecule has 0 aromatic carbocycles. The van der Waals surface area contributed by atoms with Gasteiger partial charge in [0.25, 0.3) is 0 Å². The van der Waals surface area contributed by atoms with Crippen LogP contribution in [0.15, 0.2) is 24.4 Å². The summed E-state index contributed by atoms with van der Waals surface area (Å²) in [6.07, 6.45) is 2.77. The third-order valence-electron chi connectivity index (χ3n) is 2.38. The summed E-state index contributed by atoms with van der Waals surface area (Å²) in [7, 11) is 0. The molecule has 0 radical (unpaired) electrons. The van der Waals surface area contributed by atoms with E-state index in [4.69, 9.17) is 0 Å². The number of ketones is 1. The zero-order valence-corrected chi connectivity index (χ0v) is 7.03. The summed E-state index contributed by atoms with van der Waals surface area (Å²) in [5, 5.41) is 0. The van der Waals surface area contributed by atoms with Gasteiger partial charge in [0.05, 0.1) is 0 Å². The molecular weight excluding hydrogens is 150 g/mol. The Morgan fingerprint density at radius 2 is 2.42 bits per heavy atom. The second-order valence-corrected chi connectivity index (χ2v) is 3.31. The van der Waals surface area contributed by atoms with E-state index < -0.39 is 0 Å². The number of hydrogen-bond donors (Lipinski definition) is 0. The summed E-state index contributed by atoms with van der Waals surface area (Å²) < 4.78 is 0. The van der Waals surface area contributed by atoms with Gasteiger partial charge in [0.15, 0.2) is 0 Å². The lowest BCUT2D eigenvalue weighted by Crippen LogP contribution is -1.95. The summed E-state index contributed by atoms with van der Waals surface area (Å²) >= 11 is 0. The average molecular weight is 161 g/mol. The molecule has 2 atom stereocenters. The Morgan fingerprint density at radius 1 is 1.58 bits per heavy atom. The number of pyridine rings is 1. The molecule has 0 aliphatic heterocycles. The number of Topliss-reactive ketones (excluding diaryl/α,β-unsaturated/α-hetero) is 1. The molecule has 0 amide bonds. The molecule has 1 aliphatic rings. The minimum Gasteiger partial charge on any atom is -0.300 e. The van der Waals surface area contributed by atoms with E-state index >= 15 is 0 Å². The van der Waals surface area contributed by atoms with Crippen molar-refractivity contribution in [2.75, 3.05) is 0 Å². The molecule has 1 fully saturated rings. The maximum Gasteiger partial charge on any atom is 0.133 e. The van der Waals surface area contributed by atoms with E-state index in [0.29, 0.717) is 11.7 Å². The zero-order valence-electron chi connectivity index (χ0n) is 7.03. The summed E-state index contributed by atoms with van der Waals surface area (Å²) in [5.74, 6) is 0.953. The molecule has 0 unspecified atom stereocenters. The van der Waals surface area contributed by atoms with Crippen molar-refractivity contribution in [3.05, 3.63) is 30.1 Å². The van der Waals surface area contributed by atoms with Crippen LogP contribution in [0, 0.1) is 5.92 Å². The number of carbonyl (C=O) groups is 1. The molecule has 1 saturated carbocycles. The lowest BCUT2D eigenvalue weighted by Gasteiger charge is -1.94. The molecule has 2 heteroatoms. The molecule has 0 spiro atoms. The highest BCUT2D eigenvalue weighted by atomic mass is 16.1. The van der Waals surface area contributed by atoms with E-state index in [9.17, 15) is 4.79 Å². The molecule has 2 rings (SSSR count). The molecule has 1 heterocycles. The normalized spacial score (nSPS) is 26.8. The summed E-state index contributed by atoms with van der Waals surface area (Å²) in [6.45, 7) is 1.66. The molecule has 1 aromatic rings. The van der Waals surface area contributed by atoms with Gasteiger partial charge in [-0.2, -0.15) is 0 Å². The van der Waals surface area contributed by atoms with Crippen LogP contribution in [0.1, 0.15) is 25.0 Å². The number of carbonyl (C=O) groups excluding carboxylic acids is 1. The number of nitrogens with zero attached hydrogens (tertiary/aromatic N) is 1. The van der Waals surface area contributed by atoms with Crippen molar-refractivity contribution in [2.24, 2.45) is 5.92 Å². The van der Waals surface area contributed by atoms with E-state index in [1.807, 2.05) is 18.2 Å². The van der Waals surface area contributed by atoms with Crippen LogP contribution in [0.3, 0.4) is 0 Å². The van der Waals surface area contributed by atoms with E-state index in [-0.39, 0.29) is 5.92 Å². The van der Waals surface area contributed by atoms with E-state index in [1.54, 1.807) is 13.1 Å². The number of hydrogen-bond acceptors (Lipinski definition) is 2. The third-order valence-corrected chi connectivity index (χ3v) is 2.38. The minimum absolute atomic E-state index is 0.250. The summed E-state index contributed by atoms with van der Waals surface area (Å²) in [4.78, 5) is 15.2. The fraction of sp³-hybridized carbons (Fsp3) is 0.400. The van der Waals surface area contributed by atoms with Crippen LogP contribution in [0.4, 0.5) is 0 Å². The van der Waals surface area contributed by atoms with Crippen molar-refractivity contribution in [3.63, 3.8) is 0 Å². The minimum atomic E-state index is 0.250. The van der Waals surface area contributed by atoms with Crippen molar-refractivity contribution < 1.29 is 4.79 Å². The van der Waals surface area contributed by atoms with Crippen LogP contribution >= 0.6 is 0 Å². The topological polar surface area (TPSA) is 30.0 Å². The quantitative estimate of drug-likeness (QED) is 0.661. The van der Waals surface area contributed by atoms with E-state index in [2.05, 4.69) is 4.98 Å². The predicted octanol–water partition coefficient (Wildman–Crippen LogP) is 1.77. The molecule has 0 N–H and O–H groups in total. The average Bonchev–Trinajstić information content (AvgIpc) is 2.84. The Morgan fingerprint density at radius 3 is 2.92 bits per heavy atom. The highest BCUT2D eigenvalue weighted by Crippen LogP contribution is 2.46. The molecule has 2 nitrogen and oxygen atoms in total. The van der Waals surface area contributed by atoms with Crippen LogP contribution in [-0.2, 0) is 4.79 Å². The van der Waals surface area contributed by atoms with Gasteiger partial charge in [0.2, 0.25) is 0 Å². The maximum absolute atomic E-state index is 11.0. The largest absolute Gasteiger partial charge is 0.300 e. The maximum atomic E-state index is 11.0. The molecule has 1 aliphatic carbocycles. The molecular formula is C10H11NO. The van der Waals surface area contributed by atoms with Gasteiger partial charge in [-0.25, -0.2) is 0 Å².